The number of rotatable bonds is 14. The van der Waals surface area contributed by atoms with E-state index in [1.165, 1.54) is 12.8 Å². The highest BCUT2D eigenvalue weighted by molar-refractivity contribution is 6.19. The van der Waals surface area contributed by atoms with Gasteiger partial charge in [-0.3, -0.25) is 4.79 Å². The summed E-state index contributed by atoms with van der Waals surface area (Å²) in [5.41, 5.74) is 5.04. The lowest BCUT2D eigenvalue weighted by molar-refractivity contribution is 0.104. The summed E-state index contributed by atoms with van der Waals surface area (Å²) in [6, 6.07) is 30.7. The number of carbonyl (C=O) groups is 1. The van der Waals surface area contributed by atoms with Gasteiger partial charge in [-0.1, -0.05) is 79.4 Å². The van der Waals surface area contributed by atoms with Crippen molar-refractivity contribution in [3.8, 4) is 22.8 Å². The number of ketones is 1. The van der Waals surface area contributed by atoms with Crippen LogP contribution in [0.2, 0.25) is 0 Å². The number of nitrogens with zero attached hydrogens (tertiary/aromatic N) is 1. The zero-order valence-corrected chi connectivity index (χ0v) is 24.5. The fourth-order valence-electron chi connectivity index (χ4n) is 5.28. The number of unbranched alkanes of at least 4 members (excludes halogenated alkanes) is 4. The molecule has 0 atom stereocenters. The number of para-hydroxylation sites is 1. The molecule has 0 saturated carbocycles. The van der Waals surface area contributed by atoms with Crippen LogP contribution in [0.15, 0.2) is 101 Å². The summed E-state index contributed by atoms with van der Waals surface area (Å²) in [6.45, 7) is 4.58. The van der Waals surface area contributed by atoms with Crippen molar-refractivity contribution in [2.75, 3.05) is 20.2 Å². The number of hydrogen-bond donors (Lipinski definition) is 1. The van der Waals surface area contributed by atoms with Gasteiger partial charge in [0.1, 0.15) is 22.8 Å². The van der Waals surface area contributed by atoms with Crippen molar-refractivity contribution in [1.29, 1.82) is 0 Å². The van der Waals surface area contributed by atoms with Gasteiger partial charge in [-0.05, 0) is 81.4 Å². The Bertz CT molecular complexity index is 1600. The van der Waals surface area contributed by atoms with Gasteiger partial charge in [0, 0.05) is 23.1 Å². The van der Waals surface area contributed by atoms with E-state index >= 15 is 0 Å². The van der Waals surface area contributed by atoms with Gasteiger partial charge in [-0.2, -0.15) is 0 Å². The number of carbonyl (C=O) groups excluding carboxylic acids is 1. The first kappa shape index (κ1) is 29.2. The Morgan fingerprint density at radius 1 is 0.833 bits per heavy atom. The Hall–Kier alpha value is -4.35. The molecule has 1 heterocycles. The van der Waals surface area contributed by atoms with Crippen LogP contribution in [0.3, 0.4) is 0 Å². The molecule has 0 aliphatic rings. The van der Waals surface area contributed by atoms with Gasteiger partial charge in [0.15, 0.2) is 5.78 Å². The number of phenols is 1. The molecule has 4 aromatic carbocycles. The summed E-state index contributed by atoms with van der Waals surface area (Å²) >= 11 is 0. The van der Waals surface area contributed by atoms with E-state index in [4.69, 9.17) is 9.15 Å². The quantitative estimate of drug-likeness (QED) is 0.108. The molecule has 5 nitrogen and oxygen atoms in total. The zero-order valence-electron chi connectivity index (χ0n) is 24.5. The predicted octanol–water partition coefficient (Wildman–Crippen LogP) is 8.81. The number of hydrogen-bond acceptors (Lipinski definition) is 5. The van der Waals surface area contributed by atoms with Crippen molar-refractivity contribution in [3.63, 3.8) is 0 Å². The number of aryl methyl sites for hydroxylation is 1. The Morgan fingerprint density at radius 2 is 1.57 bits per heavy atom. The van der Waals surface area contributed by atoms with Crippen molar-refractivity contribution in [2.24, 2.45) is 0 Å². The molecule has 0 unspecified atom stereocenters. The maximum absolute atomic E-state index is 13.6. The lowest BCUT2D eigenvalue weighted by atomic mass is 9.97. The molecule has 5 heteroatoms. The van der Waals surface area contributed by atoms with Crippen LogP contribution in [-0.4, -0.2) is 36.0 Å². The van der Waals surface area contributed by atoms with E-state index in [9.17, 15) is 9.90 Å². The average molecular weight is 562 g/mol. The van der Waals surface area contributed by atoms with Gasteiger partial charge in [0.25, 0.3) is 0 Å². The number of phenolic OH excluding ortho intramolecular Hbond substituents is 1. The van der Waals surface area contributed by atoms with Crippen molar-refractivity contribution >= 4 is 16.8 Å². The maximum atomic E-state index is 13.6. The van der Waals surface area contributed by atoms with Crippen LogP contribution in [0.4, 0.5) is 0 Å². The molecular weight excluding hydrogens is 522 g/mol. The fourth-order valence-corrected chi connectivity index (χ4v) is 5.28. The molecule has 0 fully saturated rings. The molecule has 0 bridgehead atoms. The van der Waals surface area contributed by atoms with Gasteiger partial charge < -0.3 is 19.2 Å². The fraction of sp³-hybridized carbons (Fsp3) is 0.270. The highest BCUT2D eigenvalue weighted by Gasteiger charge is 2.23. The second-order valence-electron chi connectivity index (χ2n) is 11.0. The average Bonchev–Trinajstić information content (AvgIpc) is 3.38. The largest absolute Gasteiger partial charge is 0.508 e. The molecule has 216 valence electrons. The van der Waals surface area contributed by atoms with Crippen LogP contribution in [0.25, 0.3) is 22.3 Å². The van der Waals surface area contributed by atoms with E-state index in [1.54, 1.807) is 6.07 Å². The third kappa shape index (κ3) is 7.48. The molecule has 5 aromatic rings. The van der Waals surface area contributed by atoms with Gasteiger partial charge in [0.05, 0.1) is 12.2 Å². The first-order chi connectivity index (χ1) is 20.5. The molecule has 0 spiro atoms. The van der Waals surface area contributed by atoms with Crippen LogP contribution >= 0.6 is 0 Å². The molecule has 0 aliphatic carbocycles. The molecule has 1 aromatic heterocycles. The highest BCUT2D eigenvalue weighted by atomic mass is 16.5. The minimum atomic E-state index is -0.0431. The number of furan rings is 1. The molecule has 0 amide bonds. The topological polar surface area (TPSA) is 62.9 Å². The lowest BCUT2D eigenvalue weighted by Crippen LogP contribution is -2.18. The smallest absolute Gasteiger partial charge is 0.197 e. The van der Waals surface area contributed by atoms with E-state index in [0.29, 0.717) is 34.8 Å². The second kappa shape index (κ2) is 14.0. The second-order valence-corrected chi connectivity index (χ2v) is 11.0. The molecule has 0 saturated heterocycles. The minimum Gasteiger partial charge on any atom is -0.508 e. The van der Waals surface area contributed by atoms with E-state index < -0.39 is 0 Å². The first-order valence-corrected chi connectivity index (χ1v) is 14.8. The Kier molecular flexibility index (Phi) is 9.73. The molecule has 0 radical (unpaired) electrons. The number of ether oxygens (including phenoxy) is 1. The standard InChI is InChI=1S/C37H39NO4/c1-27-15-17-29(18-16-27)36(40)35-33-13-6-7-14-34(33)42-37(35)30-19-21-32(22-20-30)41-24-9-5-3-4-8-23-38(2)26-28-11-10-12-31(39)25-28/h6-7,10-22,25,39H,3-5,8-9,23-24,26H2,1-2H3. The summed E-state index contributed by atoms with van der Waals surface area (Å²) in [5.74, 6) is 1.68. The van der Waals surface area contributed by atoms with E-state index in [0.717, 1.165) is 60.2 Å². The normalized spacial score (nSPS) is 11.3. The van der Waals surface area contributed by atoms with Gasteiger partial charge in [-0.25, -0.2) is 0 Å². The predicted molar refractivity (Wildman–Crippen MR) is 169 cm³/mol. The Morgan fingerprint density at radius 3 is 2.36 bits per heavy atom. The van der Waals surface area contributed by atoms with Crippen LogP contribution in [0.5, 0.6) is 11.5 Å². The summed E-state index contributed by atoms with van der Waals surface area (Å²) in [6.07, 6.45) is 5.69. The van der Waals surface area contributed by atoms with Crippen LogP contribution in [0, 0.1) is 6.92 Å². The van der Waals surface area contributed by atoms with Gasteiger partial charge >= 0.3 is 0 Å². The lowest BCUT2D eigenvalue weighted by Gasteiger charge is -2.16. The van der Waals surface area contributed by atoms with E-state index in [-0.39, 0.29) is 5.78 Å². The van der Waals surface area contributed by atoms with E-state index in [1.807, 2.05) is 97.9 Å². The summed E-state index contributed by atoms with van der Waals surface area (Å²) in [5, 5.41) is 10.4. The molecule has 0 aliphatic heterocycles. The van der Waals surface area contributed by atoms with Crippen molar-refractivity contribution in [3.05, 3.63) is 119 Å². The monoisotopic (exact) mass is 561 g/mol. The van der Waals surface area contributed by atoms with Gasteiger partial charge in [-0.15, -0.1) is 0 Å². The van der Waals surface area contributed by atoms with Crippen LogP contribution in [0.1, 0.15) is 59.2 Å². The number of aromatic hydroxyl groups is 1. The zero-order chi connectivity index (χ0) is 29.3. The number of fused-ring (bicyclic) bond motifs is 1. The first-order valence-electron chi connectivity index (χ1n) is 14.8. The summed E-state index contributed by atoms with van der Waals surface area (Å²) in [4.78, 5) is 15.9. The van der Waals surface area contributed by atoms with Gasteiger partial charge in [0.2, 0.25) is 0 Å². The summed E-state index contributed by atoms with van der Waals surface area (Å²) < 4.78 is 12.2. The molecule has 5 rings (SSSR count). The number of benzene rings is 4. The maximum Gasteiger partial charge on any atom is 0.197 e. The van der Waals surface area contributed by atoms with E-state index in [2.05, 4.69) is 11.9 Å². The van der Waals surface area contributed by atoms with Crippen molar-refractivity contribution in [1.82, 2.24) is 4.90 Å². The third-order valence-corrected chi connectivity index (χ3v) is 7.57. The third-order valence-electron chi connectivity index (χ3n) is 7.57. The van der Waals surface area contributed by atoms with Crippen LogP contribution < -0.4 is 4.74 Å². The molecular formula is C37H39NO4. The van der Waals surface area contributed by atoms with Crippen LogP contribution in [-0.2, 0) is 6.54 Å². The summed E-state index contributed by atoms with van der Waals surface area (Å²) in [7, 11) is 2.13. The SMILES string of the molecule is Cc1ccc(C(=O)c2c(-c3ccc(OCCCCCCCN(C)Cc4cccc(O)c4)cc3)oc3ccccc23)cc1. The van der Waals surface area contributed by atoms with Crippen molar-refractivity contribution in [2.45, 2.75) is 45.6 Å². The Balaban J connectivity index is 1.09. The molecule has 42 heavy (non-hydrogen) atoms. The molecule has 1 N–H and O–H groups in total. The van der Waals surface area contributed by atoms with Crippen molar-refractivity contribution < 1.29 is 19.1 Å². The highest BCUT2D eigenvalue weighted by Crippen LogP contribution is 2.36. The Labute approximate surface area is 248 Å². The minimum absolute atomic E-state index is 0.0431.